The van der Waals surface area contributed by atoms with Crippen molar-refractivity contribution in [2.24, 2.45) is 0 Å². The quantitative estimate of drug-likeness (QED) is 0.593. The minimum Gasteiger partial charge on any atom is -0.207 e. The predicted molar refractivity (Wildman–Crippen MR) is 32.3 cm³/mol. The van der Waals surface area contributed by atoms with Crippen LogP contribution in [0.5, 0.6) is 0 Å². The zero-order valence-electron chi connectivity index (χ0n) is 4.61. The minimum absolute atomic E-state index is 0.282. The third-order valence-corrected chi connectivity index (χ3v) is 2.60. The predicted octanol–water partition coefficient (Wildman–Crippen LogP) is -0.736. The minimum atomic E-state index is -5.20. The Morgan fingerprint density at radius 2 is 1.70 bits per heavy atom. The Morgan fingerprint density at radius 3 is 1.80 bits per heavy atom. The molecule has 0 fully saturated rings. The molecule has 0 aromatic carbocycles. The van der Waals surface area contributed by atoms with Crippen LogP contribution in [0.15, 0.2) is 12.0 Å². The van der Waals surface area contributed by atoms with E-state index in [-0.39, 0.29) is 5.41 Å². The smallest absolute Gasteiger partial charge is 0.207 e. The van der Waals surface area contributed by atoms with Crippen LogP contribution in [0.1, 0.15) is 0 Å². The number of halogens is 1. The van der Waals surface area contributed by atoms with Crippen molar-refractivity contribution in [3.63, 3.8) is 0 Å². The second-order valence-corrected chi connectivity index (χ2v) is 4.20. The largest absolute Gasteiger partial charge is 0.385 e. The summed E-state index contributed by atoms with van der Waals surface area (Å²) in [4.78, 5) is 0. The molecule has 0 spiro atoms. The van der Waals surface area contributed by atoms with Crippen molar-refractivity contribution in [1.82, 2.24) is 4.13 Å². The second-order valence-electron chi connectivity index (χ2n) is 1.23. The molecule has 0 aliphatic rings. The molecule has 0 aliphatic carbocycles. The summed E-state index contributed by atoms with van der Waals surface area (Å²) < 4.78 is 51.7. The Labute approximate surface area is 57.9 Å². The standard InChI is InChI=1S/C2H4FNO4S2/c1-2-9(5,6)4-10(3,7)8/h2,4H,1H2. The van der Waals surface area contributed by atoms with E-state index in [1.54, 1.807) is 0 Å². The Hall–Kier alpha value is -0.470. The fourth-order valence-electron chi connectivity index (χ4n) is 0.173. The van der Waals surface area contributed by atoms with Gasteiger partial charge < -0.3 is 0 Å². The zero-order chi connectivity index (χ0) is 8.41. The summed E-state index contributed by atoms with van der Waals surface area (Å²) >= 11 is 0. The van der Waals surface area contributed by atoms with Crippen molar-refractivity contribution in [2.45, 2.75) is 0 Å². The summed E-state index contributed by atoms with van der Waals surface area (Å²) in [7, 11) is -9.43. The topological polar surface area (TPSA) is 80.3 Å². The van der Waals surface area contributed by atoms with Crippen LogP contribution in [0.2, 0.25) is 0 Å². The summed E-state index contributed by atoms with van der Waals surface area (Å²) in [5, 5.41) is 0.282. The van der Waals surface area contributed by atoms with Gasteiger partial charge in [-0.1, -0.05) is 14.6 Å². The van der Waals surface area contributed by atoms with E-state index >= 15 is 0 Å². The van der Waals surface area contributed by atoms with Gasteiger partial charge in [0.2, 0.25) is 10.0 Å². The van der Waals surface area contributed by atoms with Crippen LogP contribution in [-0.2, 0) is 20.4 Å². The first-order chi connectivity index (χ1) is 4.27. The summed E-state index contributed by atoms with van der Waals surface area (Å²) in [6, 6.07) is 0. The Bertz CT molecular complexity index is 313. The first kappa shape index (κ1) is 9.53. The number of hydrogen-bond acceptors (Lipinski definition) is 4. The van der Waals surface area contributed by atoms with Crippen LogP contribution >= 0.6 is 0 Å². The van der Waals surface area contributed by atoms with E-state index in [0.29, 0.717) is 4.13 Å². The number of sulfonamides is 1. The van der Waals surface area contributed by atoms with E-state index in [2.05, 4.69) is 6.58 Å². The highest BCUT2D eigenvalue weighted by Crippen LogP contribution is 1.90. The second kappa shape index (κ2) is 2.64. The van der Waals surface area contributed by atoms with Crippen molar-refractivity contribution in [2.75, 3.05) is 0 Å². The molecule has 60 valence electrons. The first-order valence-corrected chi connectivity index (χ1v) is 4.80. The third-order valence-electron chi connectivity index (χ3n) is 0.435. The molecule has 0 saturated carbocycles. The van der Waals surface area contributed by atoms with Crippen LogP contribution < -0.4 is 4.13 Å². The highest BCUT2D eigenvalue weighted by molar-refractivity contribution is 8.04. The first-order valence-electron chi connectivity index (χ1n) is 1.87. The average Bonchev–Trinajstić information content (AvgIpc) is 1.60. The van der Waals surface area contributed by atoms with Gasteiger partial charge >= 0.3 is 10.4 Å². The molecule has 0 aromatic rings. The van der Waals surface area contributed by atoms with Crippen LogP contribution in [0.25, 0.3) is 0 Å². The molecule has 0 amide bonds. The van der Waals surface area contributed by atoms with Crippen molar-refractivity contribution >= 4 is 20.4 Å². The summed E-state index contributed by atoms with van der Waals surface area (Å²) in [6.45, 7) is 2.73. The van der Waals surface area contributed by atoms with E-state index in [9.17, 15) is 20.7 Å². The number of hydrogen-bond donors (Lipinski definition) is 1. The molecule has 0 radical (unpaired) electrons. The lowest BCUT2D eigenvalue weighted by atomic mass is 11.3. The van der Waals surface area contributed by atoms with E-state index in [4.69, 9.17) is 0 Å². The van der Waals surface area contributed by atoms with Gasteiger partial charge in [0.05, 0.1) is 0 Å². The highest BCUT2D eigenvalue weighted by Gasteiger charge is 2.14. The maximum atomic E-state index is 11.5. The maximum absolute atomic E-state index is 11.5. The monoisotopic (exact) mass is 189 g/mol. The summed E-state index contributed by atoms with van der Waals surface area (Å²) in [6.07, 6.45) is 0. The fraction of sp³-hybridized carbons (Fsp3) is 0. The fourth-order valence-corrected chi connectivity index (χ4v) is 1.55. The van der Waals surface area contributed by atoms with Gasteiger partial charge in [0.1, 0.15) is 0 Å². The van der Waals surface area contributed by atoms with Crippen LogP contribution in [-0.4, -0.2) is 16.8 Å². The molecule has 0 atom stereocenters. The molecular weight excluding hydrogens is 185 g/mol. The van der Waals surface area contributed by atoms with Crippen LogP contribution in [0, 0.1) is 0 Å². The molecule has 8 heteroatoms. The molecule has 0 aliphatic heterocycles. The molecule has 0 bridgehead atoms. The Kier molecular flexibility index (Phi) is 2.52. The number of rotatable bonds is 3. The van der Waals surface area contributed by atoms with Gasteiger partial charge in [-0.2, -0.15) is 8.42 Å². The van der Waals surface area contributed by atoms with Crippen molar-refractivity contribution in [1.29, 1.82) is 0 Å². The maximum Gasteiger partial charge on any atom is 0.385 e. The molecule has 5 nitrogen and oxygen atoms in total. The lowest BCUT2D eigenvalue weighted by molar-refractivity contribution is 0.544. The van der Waals surface area contributed by atoms with Gasteiger partial charge in [0.25, 0.3) is 0 Å². The molecule has 1 N–H and O–H groups in total. The zero-order valence-corrected chi connectivity index (χ0v) is 6.24. The SMILES string of the molecule is C=CS(=O)(=O)NS(=O)(=O)F. The van der Waals surface area contributed by atoms with Gasteiger partial charge in [-0.15, -0.1) is 0 Å². The Balaban J connectivity index is 4.65. The van der Waals surface area contributed by atoms with Crippen molar-refractivity contribution < 1.29 is 20.7 Å². The van der Waals surface area contributed by atoms with Crippen LogP contribution in [0.3, 0.4) is 0 Å². The molecule has 0 unspecified atom stereocenters. The molecule has 0 aromatic heterocycles. The van der Waals surface area contributed by atoms with E-state index in [1.165, 1.54) is 0 Å². The normalized spacial score (nSPS) is 12.9. The van der Waals surface area contributed by atoms with Crippen molar-refractivity contribution in [3.8, 4) is 0 Å². The third kappa shape index (κ3) is 4.41. The average molecular weight is 189 g/mol. The van der Waals surface area contributed by atoms with E-state index in [0.717, 1.165) is 0 Å². The van der Waals surface area contributed by atoms with Gasteiger partial charge in [-0.05, 0) is 0 Å². The van der Waals surface area contributed by atoms with Gasteiger partial charge in [0, 0.05) is 5.41 Å². The van der Waals surface area contributed by atoms with Crippen LogP contribution in [0.4, 0.5) is 3.89 Å². The van der Waals surface area contributed by atoms with Gasteiger partial charge in [-0.3, -0.25) is 0 Å². The number of nitrogens with one attached hydrogen (secondary N) is 1. The van der Waals surface area contributed by atoms with Gasteiger partial charge in [0.15, 0.2) is 0 Å². The lowest BCUT2D eigenvalue weighted by Crippen LogP contribution is -2.24. The van der Waals surface area contributed by atoms with Crippen molar-refractivity contribution in [3.05, 3.63) is 12.0 Å². The molecule has 10 heavy (non-hydrogen) atoms. The molecular formula is C2H4FNO4S2. The molecule has 0 rings (SSSR count). The van der Waals surface area contributed by atoms with Gasteiger partial charge in [-0.25, -0.2) is 8.42 Å². The Morgan fingerprint density at radius 1 is 1.30 bits per heavy atom. The molecule has 0 heterocycles. The summed E-state index contributed by atoms with van der Waals surface area (Å²) in [5.74, 6) is 0. The molecule has 0 saturated heterocycles. The highest BCUT2D eigenvalue weighted by atomic mass is 32.3. The van der Waals surface area contributed by atoms with E-state index in [1.807, 2.05) is 0 Å². The lowest BCUT2D eigenvalue weighted by Gasteiger charge is -1.92. The summed E-state index contributed by atoms with van der Waals surface area (Å²) in [5.41, 5.74) is 0. The van der Waals surface area contributed by atoms with E-state index < -0.39 is 20.4 Å².